The molecule has 0 saturated heterocycles. The van der Waals surface area contributed by atoms with Gasteiger partial charge in [-0.2, -0.15) is 0 Å². The van der Waals surface area contributed by atoms with E-state index >= 15 is 0 Å². The zero-order chi connectivity index (χ0) is 26.9. The quantitative estimate of drug-likeness (QED) is 0.354. The van der Waals surface area contributed by atoms with E-state index in [0.717, 1.165) is 21.7 Å². The number of carboxylic acid groups (broad SMARTS) is 1. The molecule has 2 atom stereocenters. The molecule has 9 nitrogen and oxygen atoms in total. The van der Waals surface area contributed by atoms with E-state index in [1.54, 1.807) is 61.7 Å². The second-order valence-corrected chi connectivity index (χ2v) is 8.62. The number of carbonyl (C=O) groups excluding carboxylic acids is 1. The number of nitrogens with zero attached hydrogens (tertiary/aromatic N) is 1. The van der Waals surface area contributed by atoms with Gasteiger partial charge >= 0.3 is 12.1 Å². The van der Waals surface area contributed by atoms with E-state index in [-0.39, 0.29) is 12.0 Å². The Labute approximate surface area is 221 Å². The fourth-order valence-corrected chi connectivity index (χ4v) is 3.92. The van der Waals surface area contributed by atoms with Gasteiger partial charge in [0.05, 0.1) is 25.5 Å². The lowest BCUT2D eigenvalue weighted by atomic mass is 10.1. The molecule has 0 aliphatic carbocycles. The normalized spacial score (nSPS) is 14.9. The van der Waals surface area contributed by atoms with E-state index in [1.807, 2.05) is 30.3 Å². The van der Waals surface area contributed by atoms with Crippen molar-refractivity contribution in [3.8, 4) is 17.2 Å². The molecule has 3 aromatic rings. The number of benzene rings is 3. The largest absolute Gasteiger partial charge is 0.497 e. The first-order valence-corrected chi connectivity index (χ1v) is 12.2. The highest BCUT2D eigenvalue weighted by Gasteiger charge is 2.26. The summed E-state index contributed by atoms with van der Waals surface area (Å²) in [5.41, 5.74) is 2.74. The summed E-state index contributed by atoms with van der Waals surface area (Å²) < 4.78 is 22.1. The minimum absolute atomic E-state index is 0.197. The maximum absolute atomic E-state index is 12.8. The smallest absolute Gasteiger partial charge is 0.416 e. The van der Waals surface area contributed by atoms with Crippen LogP contribution in [-0.2, 0) is 9.53 Å². The van der Waals surface area contributed by atoms with Crippen molar-refractivity contribution in [2.24, 2.45) is 0 Å². The highest BCUT2D eigenvalue weighted by atomic mass is 16.6. The zero-order valence-electron chi connectivity index (χ0n) is 21.2. The molecule has 0 fully saturated rings. The Balaban J connectivity index is 1.30. The second-order valence-electron chi connectivity index (χ2n) is 8.62. The fourth-order valence-electron chi connectivity index (χ4n) is 3.92. The van der Waals surface area contributed by atoms with E-state index in [9.17, 15) is 14.7 Å². The molecular formula is C29H30N2O7. The van der Waals surface area contributed by atoms with Crippen LogP contribution in [0, 0.1) is 0 Å². The molecule has 38 heavy (non-hydrogen) atoms. The summed E-state index contributed by atoms with van der Waals surface area (Å²) in [5.74, 6) is 0.417. The van der Waals surface area contributed by atoms with Gasteiger partial charge in [-0.25, -0.2) is 4.79 Å². The predicted octanol–water partition coefficient (Wildman–Crippen LogP) is 5.27. The van der Waals surface area contributed by atoms with Crippen molar-refractivity contribution in [2.75, 3.05) is 20.3 Å². The molecule has 1 amide bonds. The van der Waals surface area contributed by atoms with Gasteiger partial charge in [-0.3, -0.25) is 9.69 Å². The molecule has 1 aliphatic rings. The van der Waals surface area contributed by atoms with Crippen LogP contribution in [0.15, 0.2) is 90.8 Å². The monoisotopic (exact) mass is 518 g/mol. The number of hydrogen-bond donors (Lipinski definition) is 2. The van der Waals surface area contributed by atoms with E-state index in [2.05, 4.69) is 5.32 Å². The Morgan fingerprint density at radius 1 is 0.974 bits per heavy atom. The van der Waals surface area contributed by atoms with Gasteiger partial charge < -0.3 is 29.4 Å². The average molecular weight is 519 g/mol. The number of carbonyl (C=O) groups is 2. The van der Waals surface area contributed by atoms with Crippen LogP contribution in [0.5, 0.6) is 17.2 Å². The molecule has 0 aromatic heterocycles. The molecule has 0 saturated carbocycles. The van der Waals surface area contributed by atoms with E-state index in [4.69, 9.17) is 18.9 Å². The Hall–Kier alpha value is -4.66. The summed E-state index contributed by atoms with van der Waals surface area (Å²) in [4.78, 5) is 25.4. The van der Waals surface area contributed by atoms with Gasteiger partial charge in [0.15, 0.2) is 6.23 Å². The van der Waals surface area contributed by atoms with Crippen LogP contribution >= 0.6 is 0 Å². The van der Waals surface area contributed by atoms with Crippen LogP contribution in [-0.4, -0.2) is 42.3 Å². The van der Waals surface area contributed by atoms with Crippen LogP contribution in [0.25, 0.3) is 0 Å². The second kappa shape index (κ2) is 12.5. The molecule has 3 aromatic carbocycles. The van der Waals surface area contributed by atoms with E-state index in [0.29, 0.717) is 24.5 Å². The number of rotatable bonds is 11. The zero-order valence-corrected chi connectivity index (χ0v) is 21.2. The summed E-state index contributed by atoms with van der Waals surface area (Å²) in [6, 6.07) is 23.0. The number of carboxylic acids is 1. The first-order chi connectivity index (χ1) is 18.4. The van der Waals surface area contributed by atoms with Crippen molar-refractivity contribution in [2.45, 2.75) is 25.6 Å². The highest BCUT2D eigenvalue weighted by Crippen LogP contribution is 2.26. The van der Waals surface area contributed by atoms with Crippen LogP contribution in [0.4, 0.5) is 4.79 Å². The van der Waals surface area contributed by atoms with E-state index < -0.39 is 24.6 Å². The molecule has 198 valence electrons. The lowest BCUT2D eigenvalue weighted by Gasteiger charge is -2.27. The number of nitrogens with one attached hydrogen (secondary N) is 1. The maximum Gasteiger partial charge on any atom is 0.416 e. The van der Waals surface area contributed by atoms with Crippen molar-refractivity contribution < 1.29 is 33.6 Å². The van der Waals surface area contributed by atoms with Crippen molar-refractivity contribution in [3.05, 3.63) is 102 Å². The third kappa shape index (κ3) is 6.97. The Kier molecular flexibility index (Phi) is 8.71. The predicted molar refractivity (Wildman–Crippen MR) is 140 cm³/mol. The number of ether oxygens (including phenoxy) is 4. The third-order valence-corrected chi connectivity index (χ3v) is 6.04. The summed E-state index contributed by atoms with van der Waals surface area (Å²) in [5, 5.41) is 12.7. The van der Waals surface area contributed by atoms with Crippen molar-refractivity contribution in [1.29, 1.82) is 0 Å². The van der Waals surface area contributed by atoms with Crippen LogP contribution in [0.2, 0.25) is 0 Å². The van der Waals surface area contributed by atoms with Crippen LogP contribution in [0.1, 0.15) is 36.7 Å². The highest BCUT2D eigenvalue weighted by molar-refractivity contribution is 5.78. The standard InChI is InChI=1S/C29H30N2O7/c1-20(31(18-27(32)33)29(34)38-26-14-12-24(35-2)13-15-26)21-8-10-25(11-9-21)36-17-16-23-19-37-28(30-23)22-6-4-3-5-7-22/h3-15,19-20,28,30H,16-18H2,1-2H3,(H,32,33)/t20-,28?/m0/s1. The first-order valence-electron chi connectivity index (χ1n) is 12.2. The average Bonchev–Trinajstić information content (AvgIpc) is 3.41. The topological polar surface area (TPSA) is 107 Å². The number of aliphatic carboxylic acids is 1. The Morgan fingerprint density at radius 3 is 2.29 bits per heavy atom. The molecular weight excluding hydrogens is 488 g/mol. The molecule has 9 heteroatoms. The minimum Gasteiger partial charge on any atom is -0.497 e. The molecule has 0 spiro atoms. The van der Waals surface area contributed by atoms with Crippen LogP contribution in [0.3, 0.4) is 0 Å². The molecule has 0 bridgehead atoms. The fraction of sp³-hybridized carbons (Fsp3) is 0.241. The SMILES string of the molecule is COc1ccc(OC(=O)N(CC(=O)O)[C@@H](C)c2ccc(OCCC3=COC(c4ccccc4)N3)cc2)cc1. The van der Waals surface area contributed by atoms with Crippen molar-refractivity contribution in [1.82, 2.24) is 10.2 Å². The summed E-state index contributed by atoms with van der Waals surface area (Å²) in [6.45, 7) is 1.68. The molecule has 1 unspecified atom stereocenters. The van der Waals surface area contributed by atoms with Gasteiger partial charge in [0.25, 0.3) is 0 Å². The van der Waals surface area contributed by atoms with Gasteiger partial charge in [-0.1, -0.05) is 42.5 Å². The lowest BCUT2D eigenvalue weighted by molar-refractivity contribution is -0.138. The minimum atomic E-state index is -1.14. The Bertz CT molecular complexity index is 1240. The lowest BCUT2D eigenvalue weighted by Crippen LogP contribution is -2.39. The Morgan fingerprint density at radius 2 is 1.63 bits per heavy atom. The number of hydrogen-bond acceptors (Lipinski definition) is 7. The number of amides is 1. The van der Waals surface area contributed by atoms with Gasteiger partial charge in [-0.05, 0) is 48.9 Å². The van der Waals surface area contributed by atoms with Crippen molar-refractivity contribution in [3.63, 3.8) is 0 Å². The summed E-state index contributed by atoms with van der Waals surface area (Å²) in [6.07, 6.45) is 1.40. The molecule has 4 rings (SSSR count). The molecule has 0 radical (unpaired) electrons. The van der Waals surface area contributed by atoms with Crippen molar-refractivity contribution >= 4 is 12.1 Å². The third-order valence-electron chi connectivity index (χ3n) is 6.04. The van der Waals surface area contributed by atoms with Gasteiger partial charge in [0.2, 0.25) is 0 Å². The first kappa shape index (κ1) is 26.4. The molecule has 1 aliphatic heterocycles. The number of methoxy groups -OCH3 is 1. The summed E-state index contributed by atoms with van der Waals surface area (Å²) >= 11 is 0. The van der Waals surface area contributed by atoms with Gasteiger partial charge in [-0.15, -0.1) is 0 Å². The van der Waals surface area contributed by atoms with E-state index in [1.165, 1.54) is 7.11 Å². The molecule has 1 heterocycles. The molecule has 2 N–H and O–H groups in total. The summed E-state index contributed by atoms with van der Waals surface area (Å²) in [7, 11) is 1.54. The van der Waals surface area contributed by atoms with Gasteiger partial charge in [0.1, 0.15) is 30.1 Å². The van der Waals surface area contributed by atoms with Crippen LogP contribution < -0.4 is 19.5 Å². The van der Waals surface area contributed by atoms with Gasteiger partial charge in [0, 0.05) is 12.0 Å². The maximum atomic E-state index is 12.8.